The van der Waals surface area contributed by atoms with E-state index in [-0.39, 0.29) is 5.16 Å². The summed E-state index contributed by atoms with van der Waals surface area (Å²) in [5.41, 5.74) is 9.42. The highest BCUT2D eigenvalue weighted by Crippen LogP contribution is 2.47. The largest absolute Gasteiger partial charge is 0.0793 e. The number of benzene rings is 7. The Morgan fingerprint density at radius 2 is 0.979 bits per heavy atom. The third kappa shape index (κ3) is 6.31. The van der Waals surface area contributed by atoms with Crippen LogP contribution in [0, 0.1) is 27.7 Å². The third-order valence-corrected chi connectivity index (χ3v) is 13.3. The Balaban J connectivity index is 1.58. The first kappa shape index (κ1) is 31.5. The van der Waals surface area contributed by atoms with Gasteiger partial charge in [0.25, 0.3) is 0 Å². The molecular formula is C45H42P2. The van der Waals surface area contributed by atoms with Gasteiger partial charge >= 0.3 is 0 Å². The summed E-state index contributed by atoms with van der Waals surface area (Å²) < 4.78 is 0. The number of aryl methyl sites for hydroxylation is 4. The van der Waals surface area contributed by atoms with Gasteiger partial charge in [0.2, 0.25) is 0 Å². The predicted molar refractivity (Wildman–Crippen MR) is 212 cm³/mol. The van der Waals surface area contributed by atoms with Gasteiger partial charge in [-0.15, -0.1) is 0 Å². The van der Waals surface area contributed by atoms with Crippen molar-refractivity contribution in [2.75, 3.05) is 0 Å². The minimum absolute atomic E-state index is 0.0329. The third-order valence-electron chi connectivity index (χ3n) is 9.24. The lowest BCUT2D eigenvalue weighted by Gasteiger charge is -2.30. The molecule has 0 amide bonds. The average molecular weight is 645 g/mol. The first-order chi connectivity index (χ1) is 22.7. The lowest BCUT2D eigenvalue weighted by Crippen LogP contribution is -2.24. The van der Waals surface area contributed by atoms with Gasteiger partial charge in [-0.1, -0.05) is 184 Å². The molecule has 0 radical (unpaired) electrons. The molecule has 7 aromatic carbocycles. The SMILES string of the molecule is Cc1cc(C)cc(C(C)(C)Pc2ccc3cc(C)ccc3c2-c2c(P(c3ccccc3)c3ccccc3)ccc3cc(C)ccc23)c1. The second-order valence-electron chi connectivity index (χ2n) is 13.5. The van der Waals surface area contributed by atoms with Crippen molar-refractivity contribution in [2.45, 2.75) is 46.7 Å². The molecule has 7 rings (SSSR count). The molecule has 0 saturated carbocycles. The Morgan fingerprint density at radius 3 is 1.53 bits per heavy atom. The molecule has 0 spiro atoms. The van der Waals surface area contributed by atoms with Crippen LogP contribution in [0.5, 0.6) is 0 Å². The van der Waals surface area contributed by atoms with Gasteiger partial charge in [-0.2, -0.15) is 0 Å². The van der Waals surface area contributed by atoms with Crippen molar-refractivity contribution in [3.8, 4) is 11.1 Å². The molecule has 0 aromatic heterocycles. The molecule has 7 aromatic rings. The van der Waals surface area contributed by atoms with Gasteiger partial charge in [0.15, 0.2) is 0 Å². The molecule has 1 atom stereocenters. The summed E-state index contributed by atoms with van der Waals surface area (Å²) in [6.45, 7) is 13.7. The van der Waals surface area contributed by atoms with Crippen molar-refractivity contribution >= 4 is 59.3 Å². The van der Waals surface area contributed by atoms with Gasteiger partial charge in [0.05, 0.1) is 0 Å². The minimum atomic E-state index is -0.828. The second kappa shape index (κ2) is 12.8. The van der Waals surface area contributed by atoms with Crippen LogP contribution in [-0.2, 0) is 5.16 Å². The molecule has 232 valence electrons. The van der Waals surface area contributed by atoms with Gasteiger partial charge in [-0.05, 0) is 95.1 Å². The summed E-state index contributed by atoms with van der Waals surface area (Å²) in [5, 5.41) is 10.8. The first-order valence-corrected chi connectivity index (χ1v) is 18.9. The average Bonchev–Trinajstić information content (AvgIpc) is 3.05. The maximum atomic E-state index is 2.44. The molecule has 47 heavy (non-hydrogen) atoms. The fraction of sp³-hybridized carbons (Fsp3) is 0.156. The molecular weight excluding hydrogens is 602 g/mol. The van der Waals surface area contributed by atoms with Crippen molar-refractivity contribution in [1.82, 2.24) is 0 Å². The van der Waals surface area contributed by atoms with E-state index in [2.05, 4.69) is 181 Å². The number of rotatable bonds is 7. The van der Waals surface area contributed by atoms with Gasteiger partial charge < -0.3 is 0 Å². The Hall–Kier alpha value is -4.08. The second-order valence-corrected chi connectivity index (χ2v) is 17.8. The fourth-order valence-electron chi connectivity index (χ4n) is 7.04. The normalized spacial score (nSPS) is 12.1. The lowest BCUT2D eigenvalue weighted by atomic mass is 9.92. The quantitative estimate of drug-likeness (QED) is 0.152. The van der Waals surface area contributed by atoms with Crippen LogP contribution in [0.3, 0.4) is 0 Å². The molecule has 0 bridgehead atoms. The van der Waals surface area contributed by atoms with E-state index in [1.54, 1.807) is 0 Å². The van der Waals surface area contributed by atoms with E-state index in [4.69, 9.17) is 0 Å². The number of fused-ring (bicyclic) bond motifs is 2. The Labute approximate surface area is 283 Å². The molecule has 0 saturated heterocycles. The van der Waals surface area contributed by atoms with Crippen LogP contribution in [0.4, 0.5) is 0 Å². The molecule has 0 aliphatic rings. The zero-order valence-corrected chi connectivity index (χ0v) is 30.1. The van der Waals surface area contributed by atoms with E-state index >= 15 is 0 Å². The summed E-state index contributed by atoms with van der Waals surface area (Å²) in [4.78, 5) is 0. The highest BCUT2D eigenvalue weighted by Gasteiger charge is 2.28. The molecule has 2 heteroatoms. The molecule has 0 heterocycles. The monoisotopic (exact) mass is 644 g/mol. The zero-order chi connectivity index (χ0) is 32.7. The minimum Gasteiger partial charge on any atom is -0.0793 e. The topological polar surface area (TPSA) is 0 Å². The molecule has 0 fully saturated rings. The van der Waals surface area contributed by atoms with Gasteiger partial charge in [0.1, 0.15) is 0 Å². The van der Waals surface area contributed by atoms with E-state index in [1.807, 2.05) is 0 Å². The van der Waals surface area contributed by atoms with Crippen molar-refractivity contribution < 1.29 is 0 Å². The van der Waals surface area contributed by atoms with Crippen LogP contribution in [0.1, 0.15) is 41.7 Å². The van der Waals surface area contributed by atoms with Crippen LogP contribution in [0.25, 0.3) is 32.7 Å². The molecule has 0 aliphatic carbocycles. The summed E-state index contributed by atoms with van der Waals surface area (Å²) in [5.74, 6) is 0. The van der Waals surface area contributed by atoms with E-state index < -0.39 is 7.92 Å². The number of hydrogen-bond acceptors (Lipinski definition) is 0. The molecule has 1 unspecified atom stereocenters. The van der Waals surface area contributed by atoms with Crippen molar-refractivity contribution in [3.63, 3.8) is 0 Å². The van der Waals surface area contributed by atoms with Crippen LogP contribution < -0.4 is 21.2 Å². The van der Waals surface area contributed by atoms with Crippen LogP contribution >= 0.6 is 16.5 Å². The summed E-state index contributed by atoms with van der Waals surface area (Å²) in [6.07, 6.45) is 0. The summed E-state index contributed by atoms with van der Waals surface area (Å²) >= 11 is 0. The standard InChI is InChI=1S/C45H42P2/c1-30-17-21-39-34(26-30)19-23-41(46-45(5,6)36-28-32(3)25-33(4)29-36)43(39)44-40-22-18-31(2)27-35(40)20-24-42(44)47(37-13-9-7-10-14-37)38-15-11-8-12-16-38/h7-29,46H,1-6H3. The maximum Gasteiger partial charge on any atom is 0.0111 e. The summed E-state index contributed by atoms with van der Waals surface area (Å²) in [6, 6.07) is 53.0. The fourth-order valence-corrected chi connectivity index (χ4v) is 11.0. The van der Waals surface area contributed by atoms with Crippen molar-refractivity contribution in [1.29, 1.82) is 0 Å². The van der Waals surface area contributed by atoms with Crippen molar-refractivity contribution in [3.05, 3.63) is 167 Å². The van der Waals surface area contributed by atoms with E-state index in [0.29, 0.717) is 8.58 Å². The van der Waals surface area contributed by atoms with Crippen LogP contribution in [0.2, 0.25) is 0 Å². The van der Waals surface area contributed by atoms with Crippen LogP contribution in [-0.4, -0.2) is 0 Å². The lowest BCUT2D eigenvalue weighted by molar-refractivity contribution is 0.775. The van der Waals surface area contributed by atoms with Crippen molar-refractivity contribution in [2.24, 2.45) is 0 Å². The van der Waals surface area contributed by atoms with E-state index in [9.17, 15) is 0 Å². The molecule has 0 aliphatic heterocycles. The highest BCUT2D eigenvalue weighted by atomic mass is 31.1. The predicted octanol–water partition coefficient (Wildman–Crippen LogP) is 10.9. The highest BCUT2D eigenvalue weighted by molar-refractivity contribution is 7.80. The summed E-state index contributed by atoms with van der Waals surface area (Å²) in [7, 11) is -0.243. The van der Waals surface area contributed by atoms with E-state index in [0.717, 1.165) is 0 Å². The maximum absolute atomic E-state index is 2.44. The van der Waals surface area contributed by atoms with Gasteiger partial charge in [0, 0.05) is 5.16 Å². The zero-order valence-electron chi connectivity index (χ0n) is 28.2. The Morgan fingerprint density at radius 1 is 0.468 bits per heavy atom. The van der Waals surface area contributed by atoms with E-state index in [1.165, 1.54) is 81.7 Å². The first-order valence-electron chi connectivity index (χ1n) is 16.5. The molecule has 0 nitrogen and oxygen atoms in total. The Kier molecular flexibility index (Phi) is 8.61. The van der Waals surface area contributed by atoms with Crippen LogP contribution in [0.15, 0.2) is 140 Å². The van der Waals surface area contributed by atoms with Gasteiger partial charge in [-0.25, -0.2) is 0 Å². The Bertz CT molecular complexity index is 2170. The van der Waals surface area contributed by atoms with Gasteiger partial charge in [-0.3, -0.25) is 0 Å². The smallest absolute Gasteiger partial charge is 0.0111 e. The molecule has 0 N–H and O–H groups in total. The number of hydrogen-bond donors (Lipinski definition) is 0.